The Morgan fingerprint density at radius 2 is 1.61 bits per heavy atom. The first-order valence-corrected chi connectivity index (χ1v) is 11.2. The van der Waals surface area contributed by atoms with E-state index in [-0.39, 0.29) is 17.9 Å². The third kappa shape index (κ3) is 5.93. The molecule has 1 heterocycles. The fourth-order valence-electron chi connectivity index (χ4n) is 4.11. The van der Waals surface area contributed by atoms with Gasteiger partial charge in [-0.05, 0) is 44.0 Å². The Balaban J connectivity index is 1.50. The number of benzene rings is 2. The van der Waals surface area contributed by atoms with E-state index < -0.39 is 0 Å². The number of nitrogens with one attached hydrogen (secondary N) is 1. The molecular formula is C25H34N4O2. The molecule has 1 N–H and O–H groups in total. The number of carbonyl (C=O) groups excluding carboxylic acids is 2. The summed E-state index contributed by atoms with van der Waals surface area (Å²) in [4.78, 5) is 31.9. The SMILES string of the molecule is CCc1ccccc1NC(=O)CN1CCN([C@H](C)C(=O)N(CC)c2ccccc2)CC1. The van der Waals surface area contributed by atoms with Crippen LogP contribution in [0.25, 0.3) is 0 Å². The molecule has 0 spiro atoms. The number of likely N-dealkylation sites (N-methyl/N-ethyl adjacent to an activating group) is 1. The van der Waals surface area contributed by atoms with Gasteiger partial charge in [-0.15, -0.1) is 0 Å². The Labute approximate surface area is 185 Å². The van der Waals surface area contributed by atoms with Crippen LogP contribution in [0.3, 0.4) is 0 Å². The highest BCUT2D eigenvalue weighted by Gasteiger charge is 2.29. The van der Waals surface area contributed by atoms with Crippen molar-refractivity contribution in [3.63, 3.8) is 0 Å². The van der Waals surface area contributed by atoms with Gasteiger partial charge in [0.05, 0.1) is 12.6 Å². The third-order valence-corrected chi connectivity index (χ3v) is 6.00. The summed E-state index contributed by atoms with van der Waals surface area (Å²) in [5, 5.41) is 3.05. The van der Waals surface area contributed by atoms with Crippen molar-refractivity contribution in [3.8, 4) is 0 Å². The largest absolute Gasteiger partial charge is 0.325 e. The Bertz CT molecular complexity index is 863. The summed E-state index contributed by atoms with van der Waals surface area (Å²) < 4.78 is 0. The van der Waals surface area contributed by atoms with E-state index in [4.69, 9.17) is 0 Å². The Hall–Kier alpha value is -2.70. The summed E-state index contributed by atoms with van der Waals surface area (Å²) in [6.45, 7) is 10.2. The molecule has 0 saturated carbocycles. The number of hydrogen-bond acceptors (Lipinski definition) is 4. The fourth-order valence-corrected chi connectivity index (χ4v) is 4.11. The molecule has 2 aromatic carbocycles. The predicted molar refractivity (Wildman–Crippen MR) is 126 cm³/mol. The zero-order valence-corrected chi connectivity index (χ0v) is 18.9. The van der Waals surface area contributed by atoms with Crippen molar-refractivity contribution in [2.45, 2.75) is 33.2 Å². The number of nitrogens with zero attached hydrogens (tertiary/aromatic N) is 3. The molecule has 1 aliphatic rings. The molecule has 1 atom stereocenters. The van der Waals surface area contributed by atoms with Crippen molar-refractivity contribution in [2.75, 3.05) is 49.5 Å². The number of piperazine rings is 1. The van der Waals surface area contributed by atoms with E-state index in [2.05, 4.69) is 22.0 Å². The Morgan fingerprint density at radius 3 is 2.26 bits per heavy atom. The minimum absolute atomic E-state index is 0.0136. The Morgan fingerprint density at radius 1 is 0.968 bits per heavy atom. The molecule has 6 nitrogen and oxygen atoms in total. The fraction of sp³-hybridized carbons (Fsp3) is 0.440. The zero-order valence-electron chi connectivity index (χ0n) is 18.9. The minimum Gasteiger partial charge on any atom is -0.325 e. The number of anilines is 2. The van der Waals surface area contributed by atoms with E-state index in [0.29, 0.717) is 13.1 Å². The summed E-state index contributed by atoms with van der Waals surface area (Å²) in [5.74, 6) is 0.135. The molecule has 6 heteroatoms. The third-order valence-electron chi connectivity index (χ3n) is 6.00. The number of para-hydroxylation sites is 2. The topological polar surface area (TPSA) is 55.9 Å². The maximum absolute atomic E-state index is 13.1. The van der Waals surface area contributed by atoms with Crippen LogP contribution in [0.5, 0.6) is 0 Å². The van der Waals surface area contributed by atoms with E-state index in [1.54, 1.807) is 0 Å². The second kappa shape index (κ2) is 11.1. The molecule has 2 amide bonds. The first-order chi connectivity index (χ1) is 15.0. The molecule has 1 saturated heterocycles. The summed E-state index contributed by atoms with van der Waals surface area (Å²) in [6, 6.07) is 17.6. The van der Waals surface area contributed by atoms with Gasteiger partial charge in [0.15, 0.2) is 0 Å². The van der Waals surface area contributed by atoms with Gasteiger partial charge in [-0.1, -0.05) is 43.3 Å². The van der Waals surface area contributed by atoms with Gasteiger partial charge in [0.1, 0.15) is 0 Å². The summed E-state index contributed by atoms with van der Waals surface area (Å²) in [6.07, 6.45) is 0.888. The van der Waals surface area contributed by atoms with Gasteiger partial charge in [0.25, 0.3) is 0 Å². The lowest BCUT2D eigenvalue weighted by Crippen LogP contribution is -2.55. The van der Waals surface area contributed by atoms with Crippen LogP contribution in [-0.2, 0) is 16.0 Å². The summed E-state index contributed by atoms with van der Waals surface area (Å²) in [7, 11) is 0. The maximum atomic E-state index is 13.1. The van der Waals surface area contributed by atoms with E-state index in [1.165, 1.54) is 0 Å². The van der Waals surface area contributed by atoms with Crippen molar-refractivity contribution in [2.24, 2.45) is 0 Å². The number of amides is 2. The molecule has 0 aromatic heterocycles. The lowest BCUT2D eigenvalue weighted by Gasteiger charge is -2.38. The van der Waals surface area contributed by atoms with Crippen molar-refractivity contribution in [1.29, 1.82) is 0 Å². The highest BCUT2D eigenvalue weighted by Crippen LogP contribution is 2.18. The summed E-state index contributed by atoms with van der Waals surface area (Å²) >= 11 is 0. The van der Waals surface area contributed by atoms with Crippen molar-refractivity contribution < 1.29 is 9.59 Å². The number of carbonyl (C=O) groups is 2. The molecule has 1 fully saturated rings. The van der Waals surface area contributed by atoms with Gasteiger partial charge < -0.3 is 10.2 Å². The standard InChI is InChI=1S/C25H34N4O2/c1-4-21-11-9-10-14-23(21)26-24(30)19-27-15-17-28(18-16-27)20(3)25(31)29(5-2)22-12-7-6-8-13-22/h6-14,20H,4-5,15-19H2,1-3H3,(H,26,30)/t20-/m1/s1. The van der Waals surface area contributed by atoms with Crippen LogP contribution in [0.2, 0.25) is 0 Å². The van der Waals surface area contributed by atoms with Crippen LogP contribution < -0.4 is 10.2 Å². The summed E-state index contributed by atoms with van der Waals surface area (Å²) in [5.41, 5.74) is 2.98. The molecule has 0 unspecified atom stereocenters. The van der Waals surface area contributed by atoms with Crippen LogP contribution in [0, 0.1) is 0 Å². The lowest BCUT2D eigenvalue weighted by atomic mass is 10.1. The second-order valence-corrected chi connectivity index (χ2v) is 7.97. The molecule has 166 valence electrons. The lowest BCUT2D eigenvalue weighted by molar-refractivity contribution is -0.124. The molecule has 1 aliphatic heterocycles. The zero-order chi connectivity index (χ0) is 22.2. The first-order valence-electron chi connectivity index (χ1n) is 11.2. The van der Waals surface area contributed by atoms with Crippen LogP contribution in [-0.4, -0.2) is 66.9 Å². The molecule has 3 rings (SSSR count). The average molecular weight is 423 g/mol. The van der Waals surface area contributed by atoms with E-state index >= 15 is 0 Å². The molecule has 31 heavy (non-hydrogen) atoms. The van der Waals surface area contributed by atoms with Crippen molar-refractivity contribution in [1.82, 2.24) is 9.80 Å². The van der Waals surface area contributed by atoms with Gasteiger partial charge in [0.2, 0.25) is 11.8 Å². The van der Waals surface area contributed by atoms with E-state index in [1.807, 2.05) is 73.3 Å². The van der Waals surface area contributed by atoms with Gasteiger partial charge in [-0.25, -0.2) is 0 Å². The molecular weight excluding hydrogens is 388 g/mol. The Kier molecular flexibility index (Phi) is 8.20. The van der Waals surface area contributed by atoms with Crippen LogP contribution in [0.1, 0.15) is 26.3 Å². The van der Waals surface area contributed by atoms with E-state index in [0.717, 1.165) is 49.5 Å². The normalized spacial score (nSPS) is 16.0. The van der Waals surface area contributed by atoms with E-state index in [9.17, 15) is 9.59 Å². The van der Waals surface area contributed by atoms with Crippen molar-refractivity contribution >= 4 is 23.2 Å². The quantitative estimate of drug-likeness (QED) is 0.710. The maximum Gasteiger partial charge on any atom is 0.244 e. The van der Waals surface area contributed by atoms with Crippen LogP contribution >= 0.6 is 0 Å². The van der Waals surface area contributed by atoms with Crippen molar-refractivity contribution in [3.05, 3.63) is 60.2 Å². The monoisotopic (exact) mass is 422 g/mol. The van der Waals surface area contributed by atoms with Crippen LogP contribution in [0.4, 0.5) is 11.4 Å². The van der Waals surface area contributed by atoms with Gasteiger partial charge >= 0.3 is 0 Å². The molecule has 0 bridgehead atoms. The van der Waals surface area contributed by atoms with Gasteiger partial charge in [0, 0.05) is 44.1 Å². The number of rotatable bonds is 8. The first kappa shape index (κ1) is 23.0. The molecule has 0 aliphatic carbocycles. The predicted octanol–water partition coefficient (Wildman–Crippen LogP) is 3.25. The molecule has 2 aromatic rings. The van der Waals surface area contributed by atoms with Crippen LogP contribution in [0.15, 0.2) is 54.6 Å². The molecule has 0 radical (unpaired) electrons. The van der Waals surface area contributed by atoms with Gasteiger partial charge in [-0.2, -0.15) is 0 Å². The number of hydrogen-bond donors (Lipinski definition) is 1. The smallest absolute Gasteiger partial charge is 0.244 e. The second-order valence-electron chi connectivity index (χ2n) is 7.97. The highest BCUT2D eigenvalue weighted by molar-refractivity contribution is 5.97. The number of aryl methyl sites for hydroxylation is 1. The van der Waals surface area contributed by atoms with Gasteiger partial charge in [-0.3, -0.25) is 19.4 Å². The minimum atomic E-state index is -0.187. The highest BCUT2D eigenvalue weighted by atomic mass is 16.2. The average Bonchev–Trinajstić information content (AvgIpc) is 2.80.